The van der Waals surface area contributed by atoms with Gasteiger partial charge in [0.25, 0.3) is 0 Å². The number of halogens is 2. The van der Waals surface area contributed by atoms with Crippen LogP contribution in [0, 0.1) is 11.3 Å². The topological polar surface area (TPSA) is 65.6 Å². The zero-order valence-corrected chi connectivity index (χ0v) is 14.6. The normalized spacial score (nSPS) is 10.9. The van der Waals surface area contributed by atoms with Gasteiger partial charge in [0.15, 0.2) is 0 Å². The first-order valence-corrected chi connectivity index (χ1v) is 8.60. The predicted octanol–water partition coefficient (Wildman–Crippen LogP) is 5.29. The molecule has 0 aliphatic heterocycles. The van der Waals surface area contributed by atoms with Gasteiger partial charge in [-0.15, -0.1) is 0 Å². The molecular weight excluding hydrogens is 341 g/mol. The van der Waals surface area contributed by atoms with Crippen molar-refractivity contribution in [2.75, 3.05) is 6.54 Å². The molecule has 0 saturated heterocycles. The molecule has 3 nitrogen and oxygen atoms in total. The highest BCUT2D eigenvalue weighted by Crippen LogP contribution is 2.39. The zero-order chi connectivity index (χ0) is 17.1. The second kappa shape index (κ2) is 7.27. The second-order valence-electron chi connectivity index (χ2n) is 5.69. The second-order valence-corrected chi connectivity index (χ2v) is 6.51. The average Bonchev–Trinajstić information content (AvgIpc) is 2.92. The van der Waals surface area contributed by atoms with Crippen LogP contribution in [-0.4, -0.2) is 11.5 Å². The lowest BCUT2D eigenvalue weighted by Crippen LogP contribution is -1.99. The monoisotopic (exact) mass is 357 g/mol. The summed E-state index contributed by atoms with van der Waals surface area (Å²) in [4.78, 5) is 3.43. The summed E-state index contributed by atoms with van der Waals surface area (Å²) < 4.78 is 0. The summed E-state index contributed by atoms with van der Waals surface area (Å²) in [6.45, 7) is 0.661. The number of unbranched alkanes of at least 4 members (excludes halogenated alkanes) is 1. The van der Waals surface area contributed by atoms with Gasteiger partial charge >= 0.3 is 0 Å². The highest BCUT2D eigenvalue weighted by molar-refractivity contribution is 6.39. The van der Waals surface area contributed by atoms with Gasteiger partial charge in [-0.1, -0.05) is 29.3 Å². The number of nitriles is 1. The maximum atomic E-state index is 9.20. The van der Waals surface area contributed by atoms with Crippen molar-refractivity contribution in [1.29, 1.82) is 5.26 Å². The average molecular weight is 358 g/mol. The summed E-state index contributed by atoms with van der Waals surface area (Å²) in [5, 5.41) is 11.4. The summed E-state index contributed by atoms with van der Waals surface area (Å²) in [5.74, 6) is 0. The van der Waals surface area contributed by atoms with Crippen molar-refractivity contribution in [1.82, 2.24) is 4.98 Å². The molecule has 0 radical (unpaired) electrons. The van der Waals surface area contributed by atoms with Gasteiger partial charge in [0.05, 0.1) is 27.4 Å². The Kier molecular flexibility index (Phi) is 5.11. The van der Waals surface area contributed by atoms with Crippen molar-refractivity contribution in [3.63, 3.8) is 0 Å². The first-order chi connectivity index (χ1) is 11.7. The molecule has 2 aromatic carbocycles. The van der Waals surface area contributed by atoms with E-state index in [1.165, 1.54) is 0 Å². The van der Waals surface area contributed by atoms with E-state index in [1.54, 1.807) is 6.07 Å². The SMILES string of the molecule is N#Cc1ccc2[nH]c(-c3c(Cl)cccc3Cl)c(CCCCN)c2c1. The van der Waals surface area contributed by atoms with Crippen molar-refractivity contribution < 1.29 is 0 Å². The number of aromatic nitrogens is 1. The van der Waals surface area contributed by atoms with Crippen LogP contribution in [0.3, 0.4) is 0 Å². The zero-order valence-electron chi connectivity index (χ0n) is 13.1. The molecule has 0 amide bonds. The Morgan fingerprint density at radius 1 is 1.08 bits per heavy atom. The molecule has 24 heavy (non-hydrogen) atoms. The van der Waals surface area contributed by atoms with Gasteiger partial charge in [0.1, 0.15) is 0 Å². The van der Waals surface area contributed by atoms with Crippen LogP contribution in [0.4, 0.5) is 0 Å². The summed E-state index contributed by atoms with van der Waals surface area (Å²) >= 11 is 12.8. The van der Waals surface area contributed by atoms with Gasteiger partial charge in [-0.05, 0) is 61.7 Å². The highest BCUT2D eigenvalue weighted by Gasteiger charge is 2.18. The molecule has 0 aliphatic rings. The summed E-state index contributed by atoms with van der Waals surface area (Å²) in [7, 11) is 0. The minimum absolute atomic E-state index is 0.606. The number of nitrogens with one attached hydrogen (secondary N) is 1. The Labute approximate surface area is 151 Å². The number of hydrogen-bond acceptors (Lipinski definition) is 2. The molecule has 3 rings (SSSR count). The van der Waals surface area contributed by atoms with Gasteiger partial charge < -0.3 is 10.7 Å². The lowest BCUT2D eigenvalue weighted by Gasteiger charge is -2.09. The summed E-state index contributed by atoms with van der Waals surface area (Å²) in [5.41, 5.74) is 10.1. The third-order valence-corrected chi connectivity index (χ3v) is 4.76. The fourth-order valence-corrected chi connectivity index (χ4v) is 3.56. The van der Waals surface area contributed by atoms with Gasteiger partial charge in [-0.2, -0.15) is 5.26 Å². The van der Waals surface area contributed by atoms with Crippen LogP contribution in [0.15, 0.2) is 36.4 Å². The number of benzene rings is 2. The molecular formula is C19H17Cl2N3. The summed E-state index contributed by atoms with van der Waals surface area (Å²) in [6, 6.07) is 13.3. The minimum Gasteiger partial charge on any atom is -0.354 e. The Morgan fingerprint density at radius 2 is 1.83 bits per heavy atom. The van der Waals surface area contributed by atoms with E-state index >= 15 is 0 Å². The number of nitrogens with zero attached hydrogens (tertiary/aromatic N) is 1. The smallest absolute Gasteiger partial charge is 0.0991 e. The van der Waals surface area contributed by atoms with Crippen LogP contribution >= 0.6 is 23.2 Å². The Morgan fingerprint density at radius 3 is 2.50 bits per heavy atom. The van der Waals surface area contributed by atoms with Crippen LogP contribution in [0.25, 0.3) is 22.2 Å². The van der Waals surface area contributed by atoms with E-state index in [0.29, 0.717) is 22.2 Å². The maximum absolute atomic E-state index is 9.20. The number of aromatic amines is 1. The number of H-pyrrole nitrogens is 1. The Balaban J connectivity index is 2.22. The van der Waals surface area contributed by atoms with Gasteiger partial charge in [0.2, 0.25) is 0 Å². The molecule has 0 fully saturated rings. The van der Waals surface area contributed by atoms with E-state index < -0.39 is 0 Å². The van der Waals surface area contributed by atoms with Gasteiger partial charge in [-0.25, -0.2) is 0 Å². The van der Waals surface area contributed by atoms with E-state index in [0.717, 1.165) is 47.0 Å². The largest absolute Gasteiger partial charge is 0.354 e. The molecule has 1 heterocycles. The molecule has 3 N–H and O–H groups in total. The van der Waals surface area contributed by atoms with Crippen molar-refractivity contribution in [3.05, 3.63) is 57.6 Å². The van der Waals surface area contributed by atoms with Crippen molar-refractivity contribution >= 4 is 34.1 Å². The number of rotatable bonds is 5. The van der Waals surface area contributed by atoms with Crippen LogP contribution in [0.5, 0.6) is 0 Å². The maximum Gasteiger partial charge on any atom is 0.0991 e. The fraction of sp³-hybridized carbons (Fsp3) is 0.211. The molecule has 5 heteroatoms. The molecule has 0 atom stereocenters. The van der Waals surface area contributed by atoms with E-state index in [4.69, 9.17) is 28.9 Å². The third-order valence-electron chi connectivity index (χ3n) is 4.13. The molecule has 0 spiro atoms. The first-order valence-electron chi connectivity index (χ1n) is 7.85. The number of aryl methyl sites for hydroxylation is 1. The molecule has 0 saturated carbocycles. The predicted molar refractivity (Wildman–Crippen MR) is 100 cm³/mol. The minimum atomic E-state index is 0.606. The van der Waals surface area contributed by atoms with E-state index in [9.17, 15) is 5.26 Å². The molecule has 0 unspecified atom stereocenters. The van der Waals surface area contributed by atoms with E-state index in [1.807, 2.05) is 30.3 Å². The van der Waals surface area contributed by atoms with Crippen molar-refractivity contribution in [2.24, 2.45) is 5.73 Å². The van der Waals surface area contributed by atoms with Gasteiger partial charge in [0, 0.05) is 16.5 Å². The molecule has 3 aromatic rings. The van der Waals surface area contributed by atoms with E-state index in [2.05, 4.69) is 11.1 Å². The number of hydrogen-bond donors (Lipinski definition) is 2. The third kappa shape index (κ3) is 3.14. The van der Waals surface area contributed by atoms with E-state index in [-0.39, 0.29) is 0 Å². The number of nitrogens with two attached hydrogens (primary N) is 1. The van der Waals surface area contributed by atoms with Crippen LogP contribution in [0.2, 0.25) is 10.0 Å². The lowest BCUT2D eigenvalue weighted by atomic mass is 9.99. The first kappa shape index (κ1) is 16.9. The molecule has 122 valence electrons. The summed E-state index contributed by atoms with van der Waals surface area (Å²) in [6.07, 6.45) is 2.76. The van der Waals surface area contributed by atoms with Crippen LogP contribution in [0.1, 0.15) is 24.0 Å². The highest BCUT2D eigenvalue weighted by atomic mass is 35.5. The number of fused-ring (bicyclic) bond motifs is 1. The van der Waals surface area contributed by atoms with Crippen LogP contribution < -0.4 is 5.73 Å². The fourth-order valence-electron chi connectivity index (χ4n) is 2.97. The standard InChI is InChI=1S/C19H17Cl2N3/c20-15-5-3-6-16(21)18(15)19-13(4-1-2-9-22)14-10-12(11-23)7-8-17(14)24-19/h3,5-8,10,24H,1-2,4,9,22H2. The molecule has 0 bridgehead atoms. The molecule has 1 aromatic heterocycles. The Hall–Kier alpha value is -1.99. The van der Waals surface area contributed by atoms with Crippen molar-refractivity contribution in [2.45, 2.75) is 19.3 Å². The van der Waals surface area contributed by atoms with Gasteiger partial charge in [-0.3, -0.25) is 0 Å². The molecule has 0 aliphatic carbocycles. The van der Waals surface area contributed by atoms with Crippen molar-refractivity contribution in [3.8, 4) is 17.3 Å². The Bertz CT molecular complexity index is 902. The van der Waals surface area contributed by atoms with Crippen LogP contribution in [-0.2, 0) is 6.42 Å². The quantitative estimate of drug-likeness (QED) is 0.608. The lowest BCUT2D eigenvalue weighted by molar-refractivity contribution is 0.748.